The minimum atomic E-state index is 0.0268. The van der Waals surface area contributed by atoms with Gasteiger partial charge in [-0.3, -0.25) is 19.3 Å². The van der Waals surface area contributed by atoms with Crippen LogP contribution in [0.3, 0.4) is 0 Å². The fourth-order valence-electron chi connectivity index (χ4n) is 3.79. The van der Waals surface area contributed by atoms with Gasteiger partial charge < -0.3 is 4.74 Å². The van der Waals surface area contributed by atoms with Crippen LogP contribution in [0.4, 0.5) is 5.13 Å². The van der Waals surface area contributed by atoms with Gasteiger partial charge in [-0.25, -0.2) is 4.98 Å². The first kappa shape index (κ1) is 21.0. The summed E-state index contributed by atoms with van der Waals surface area (Å²) in [4.78, 5) is 22.3. The van der Waals surface area contributed by atoms with Crippen molar-refractivity contribution >= 4 is 32.6 Å². The topological polar surface area (TPSA) is 63.5 Å². The number of fused-ring (bicyclic) bond motifs is 1. The van der Waals surface area contributed by atoms with Gasteiger partial charge in [0.25, 0.3) is 5.91 Å². The molecule has 2 aromatic heterocycles. The molecule has 0 bridgehead atoms. The average molecular weight is 428 g/mol. The van der Waals surface area contributed by atoms with Crippen molar-refractivity contribution in [2.24, 2.45) is 0 Å². The normalized spacial score (nSPS) is 15.0. The van der Waals surface area contributed by atoms with Crippen molar-refractivity contribution in [3.05, 3.63) is 41.2 Å². The number of carbonyl (C=O) groups is 1. The SMILES string of the molecule is Cc1ccc2nc(N(CCCN3CCOCC3)C(=O)Cn3nc(C)cc3C)sc2c1. The Hall–Kier alpha value is -2.29. The fourth-order valence-corrected chi connectivity index (χ4v) is 4.89. The van der Waals surface area contributed by atoms with Gasteiger partial charge in [0.15, 0.2) is 5.13 Å². The van der Waals surface area contributed by atoms with Crippen molar-refractivity contribution in [3.8, 4) is 0 Å². The van der Waals surface area contributed by atoms with Gasteiger partial charge in [0, 0.05) is 31.9 Å². The van der Waals surface area contributed by atoms with Gasteiger partial charge in [-0.1, -0.05) is 17.4 Å². The lowest BCUT2D eigenvalue weighted by Crippen LogP contribution is -2.40. The summed E-state index contributed by atoms with van der Waals surface area (Å²) in [7, 11) is 0. The molecule has 1 aromatic carbocycles. The molecular weight excluding hydrogens is 398 g/mol. The molecule has 8 heteroatoms. The van der Waals surface area contributed by atoms with Crippen molar-refractivity contribution < 1.29 is 9.53 Å². The number of amides is 1. The molecule has 4 rings (SSSR count). The standard InChI is InChI=1S/C22H29N5O2S/c1-16-5-6-19-20(13-16)30-22(23-19)26(8-4-7-25-9-11-29-12-10-25)21(28)15-27-18(3)14-17(2)24-27/h5-6,13-14H,4,7-12,15H2,1-3H3. The number of aromatic nitrogens is 3. The zero-order chi connectivity index (χ0) is 21.1. The lowest BCUT2D eigenvalue weighted by Gasteiger charge is -2.27. The summed E-state index contributed by atoms with van der Waals surface area (Å²) >= 11 is 1.58. The Bertz CT molecular complexity index is 1020. The number of nitrogens with zero attached hydrogens (tertiary/aromatic N) is 5. The van der Waals surface area contributed by atoms with E-state index in [0.717, 1.165) is 66.0 Å². The van der Waals surface area contributed by atoms with Gasteiger partial charge in [0.1, 0.15) is 6.54 Å². The van der Waals surface area contributed by atoms with E-state index in [1.165, 1.54) is 5.56 Å². The second-order valence-electron chi connectivity index (χ2n) is 7.91. The van der Waals surface area contributed by atoms with Crippen LogP contribution in [0.2, 0.25) is 0 Å². The average Bonchev–Trinajstić information content (AvgIpc) is 3.27. The zero-order valence-corrected chi connectivity index (χ0v) is 18.7. The minimum absolute atomic E-state index is 0.0268. The van der Waals surface area contributed by atoms with E-state index in [4.69, 9.17) is 9.72 Å². The Morgan fingerprint density at radius 2 is 2.00 bits per heavy atom. The number of carbonyl (C=O) groups excluding carboxylic acids is 1. The maximum Gasteiger partial charge on any atom is 0.250 e. The number of rotatable bonds is 7. The number of anilines is 1. The van der Waals surface area contributed by atoms with Crippen LogP contribution < -0.4 is 4.90 Å². The molecule has 0 N–H and O–H groups in total. The van der Waals surface area contributed by atoms with E-state index in [-0.39, 0.29) is 12.5 Å². The highest BCUT2D eigenvalue weighted by Crippen LogP contribution is 2.30. The van der Waals surface area contributed by atoms with Gasteiger partial charge in [-0.05, 0) is 51.0 Å². The number of ether oxygens (including phenoxy) is 1. The zero-order valence-electron chi connectivity index (χ0n) is 17.9. The summed E-state index contributed by atoms with van der Waals surface area (Å²) < 4.78 is 8.33. The number of hydrogen-bond donors (Lipinski definition) is 0. The third-order valence-electron chi connectivity index (χ3n) is 5.41. The van der Waals surface area contributed by atoms with Crippen LogP contribution in [0, 0.1) is 20.8 Å². The quantitative estimate of drug-likeness (QED) is 0.580. The number of hydrogen-bond acceptors (Lipinski definition) is 6. The first-order valence-corrected chi connectivity index (χ1v) is 11.3. The highest BCUT2D eigenvalue weighted by atomic mass is 32.1. The van der Waals surface area contributed by atoms with Crippen LogP contribution in [0.15, 0.2) is 24.3 Å². The lowest BCUT2D eigenvalue weighted by molar-refractivity contribution is -0.119. The smallest absolute Gasteiger partial charge is 0.250 e. The van der Waals surface area contributed by atoms with Crippen molar-refractivity contribution in [1.82, 2.24) is 19.7 Å². The summed E-state index contributed by atoms with van der Waals surface area (Å²) in [6.07, 6.45) is 0.901. The molecule has 1 saturated heterocycles. The second-order valence-corrected chi connectivity index (χ2v) is 8.91. The highest BCUT2D eigenvalue weighted by molar-refractivity contribution is 7.22. The molecule has 30 heavy (non-hydrogen) atoms. The molecular formula is C22H29N5O2S. The van der Waals surface area contributed by atoms with Crippen LogP contribution in [0.25, 0.3) is 10.2 Å². The molecule has 0 unspecified atom stereocenters. The Balaban J connectivity index is 1.52. The molecule has 1 aliphatic heterocycles. The molecule has 3 aromatic rings. The van der Waals surface area contributed by atoms with Crippen LogP contribution in [0.1, 0.15) is 23.4 Å². The van der Waals surface area contributed by atoms with Crippen molar-refractivity contribution in [2.45, 2.75) is 33.7 Å². The molecule has 0 radical (unpaired) electrons. The number of benzene rings is 1. The highest BCUT2D eigenvalue weighted by Gasteiger charge is 2.21. The Kier molecular flexibility index (Phi) is 6.46. The molecule has 0 saturated carbocycles. The molecule has 7 nitrogen and oxygen atoms in total. The van der Waals surface area contributed by atoms with Gasteiger partial charge in [0.2, 0.25) is 0 Å². The molecule has 1 fully saturated rings. The predicted molar refractivity (Wildman–Crippen MR) is 120 cm³/mol. The van der Waals surface area contributed by atoms with Crippen LogP contribution in [-0.2, 0) is 16.1 Å². The third kappa shape index (κ3) is 4.88. The first-order chi connectivity index (χ1) is 14.5. The monoisotopic (exact) mass is 427 g/mol. The van der Waals surface area contributed by atoms with E-state index >= 15 is 0 Å². The lowest BCUT2D eigenvalue weighted by atomic mass is 10.2. The van der Waals surface area contributed by atoms with E-state index in [0.29, 0.717) is 6.54 Å². The van der Waals surface area contributed by atoms with Gasteiger partial charge >= 0.3 is 0 Å². The van der Waals surface area contributed by atoms with Crippen molar-refractivity contribution in [3.63, 3.8) is 0 Å². The molecule has 1 aliphatic rings. The van der Waals surface area contributed by atoms with E-state index in [1.54, 1.807) is 16.0 Å². The largest absolute Gasteiger partial charge is 0.379 e. The summed E-state index contributed by atoms with van der Waals surface area (Å²) in [5, 5.41) is 5.23. The minimum Gasteiger partial charge on any atom is -0.379 e. The van der Waals surface area contributed by atoms with E-state index < -0.39 is 0 Å². The Labute approximate surface area is 181 Å². The molecule has 1 amide bonds. The Morgan fingerprint density at radius 1 is 1.20 bits per heavy atom. The molecule has 0 spiro atoms. The summed E-state index contributed by atoms with van der Waals surface area (Å²) in [6, 6.07) is 8.22. The van der Waals surface area contributed by atoms with Crippen LogP contribution in [-0.4, -0.2) is 65.0 Å². The third-order valence-corrected chi connectivity index (χ3v) is 6.45. The van der Waals surface area contributed by atoms with Crippen LogP contribution in [0.5, 0.6) is 0 Å². The predicted octanol–water partition coefficient (Wildman–Crippen LogP) is 3.17. The first-order valence-electron chi connectivity index (χ1n) is 10.5. The molecule has 0 atom stereocenters. The van der Waals surface area contributed by atoms with Gasteiger partial charge in [-0.15, -0.1) is 0 Å². The second kappa shape index (κ2) is 9.24. The van der Waals surface area contributed by atoms with Crippen LogP contribution >= 0.6 is 11.3 Å². The number of thiazole rings is 1. The summed E-state index contributed by atoms with van der Waals surface area (Å²) in [5.41, 5.74) is 4.06. The maximum atomic E-state index is 13.3. The summed E-state index contributed by atoms with van der Waals surface area (Å²) in [6.45, 7) is 11.3. The molecule has 3 heterocycles. The van der Waals surface area contributed by atoms with E-state index in [2.05, 4.69) is 29.1 Å². The fraction of sp³-hybridized carbons (Fsp3) is 0.500. The van der Waals surface area contributed by atoms with E-state index in [9.17, 15) is 4.79 Å². The van der Waals surface area contributed by atoms with E-state index in [1.807, 2.05) is 30.9 Å². The van der Waals surface area contributed by atoms with Gasteiger partial charge in [0.05, 0.1) is 29.1 Å². The maximum absolute atomic E-state index is 13.3. The molecule has 160 valence electrons. The molecule has 0 aliphatic carbocycles. The van der Waals surface area contributed by atoms with Gasteiger partial charge in [-0.2, -0.15) is 5.10 Å². The Morgan fingerprint density at radius 3 is 2.73 bits per heavy atom. The van der Waals surface area contributed by atoms with Crippen molar-refractivity contribution in [1.29, 1.82) is 0 Å². The van der Waals surface area contributed by atoms with Crippen molar-refractivity contribution in [2.75, 3.05) is 44.3 Å². The number of morpholine rings is 1. The number of aryl methyl sites for hydroxylation is 3. The summed E-state index contributed by atoms with van der Waals surface area (Å²) in [5.74, 6) is 0.0268.